The SMILES string of the molecule is Cc1ccc2c(c1)C(C)NC(C)C2. The monoisotopic (exact) mass is 175 g/mol. The molecule has 1 aromatic rings. The van der Waals surface area contributed by atoms with Gasteiger partial charge in [-0.1, -0.05) is 23.8 Å². The highest BCUT2D eigenvalue weighted by molar-refractivity contribution is 5.36. The van der Waals surface area contributed by atoms with Crippen LogP contribution >= 0.6 is 0 Å². The molecular weight excluding hydrogens is 158 g/mol. The van der Waals surface area contributed by atoms with Gasteiger partial charge in [0.2, 0.25) is 0 Å². The smallest absolute Gasteiger partial charge is 0.0297 e. The van der Waals surface area contributed by atoms with Crippen molar-refractivity contribution in [2.24, 2.45) is 0 Å². The van der Waals surface area contributed by atoms with Crippen molar-refractivity contribution in [1.82, 2.24) is 5.32 Å². The van der Waals surface area contributed by atoms with Crippen LogP contribution in [0.15, 0.2) is 18.2 Å². The van der Waals surface area contributed by atoms with Gasteiger partial charge >= 0.3 is 0 Å². The number of fused-ring (bicyclic) bond motifs is 1. The fourth-order valence-electron chi connectivity index (χ4n) is 2.21. The Hall–Kier alpha value is -0.820. The van der Waals surface area contributed by atoms with E-state index in [1.165, 1.54) is 23.1 Å². The zero-order chi connectivity index (χ0) is 9.42. The zero-order valence-electron chi connectivity index (χ0n) is 8.59. The Morgan fingerprint density at radius 3 is 2.85 bits per heavy atom. The van der Waals surface area contributed by atoms with Gasteiger partial charge in [-0.15, -0.1) is 0 Å². The van der Waals surface area contributed by atoms with Crippen LogP contribution < -0.4 is 5.32 Å². The van der Waals surface area contributed by atoms with E-state index in [2.05, 4.69) is 44.3 Å². The summed E-state index contributed by atoms with van der Waals surface area (Å²) in [7, 11) is 0. The molecule has 70 valence electrons. The van der Waals surface area contributed by atoms with Crippen LogP contribution in [0.5, 0.6) is 0 Å². The van der Waals surface area contributed by atoms with Gasteiger partial charge in [-0.2, -0.15) is 0 Å². The van der Waals surface area contributed by atoms with E-state index in [1.807, 2.05) is 0 Å². The summed E-state index contributed by atoms with van der Waals surface area (Å²) in [6, 6.07) is 7.92. The van der Waals surface area contributed by atoms with Crippen LogP contribution in [0.2, 0.25) is 0 Å². The third kappa shape index (κ3) is 1.61. The van der Waals surface area contributed by atoms with Crippen molar-refractivity contribution in [3.8, 4) is 0 Å². The number of rotatable bonds is 0. The summed E-state index contributed by atoms with van der Waals surface area (Å²) in [5.41, 5.74) is 4.37. The van der Waals surface area contributed by atoms with Crippen LogP contribution in [-0.2, 0) is 6.42 Å². The largest absolute Gasteiger partial charge is 0.307 e. The van der Waals surface area contributed by atoms with E-state index in [-0.39, 0.29) is 0 Å². The van der Waals surface area contributed by atoms with Gasteiger partial charge < -0.3 is 5.32 Å². The van der Waals surface area contributed by atoms with Gasteiger partial charge in [0.05, 0.1) is 0 Å². The minimum Gasteiger partial charge on any atom is -0.307 e. The number of nitrogens with one attached hydrogen (secondary N) is 1. The Bertz CT molecular complexity index is 317. The van der Waals surface area contributed by atoms with E-state index in [9.17, 15) is 0 Å². The molecule has 1 aromatic carbocycles. The molecule has 1 heteroatoms. The molecule has 13 heavy (non-hydrogen) atoms. The van der Waals surface area contributed by atoms with E-state index >= 15 is 0 Å². The van der Waals surface area contributed by atoms with Crippen molar-refractivity contribution in [2.45, 2.75) is 39.3 Å². The molecule has 0 spiro atoms. The maximum Gasteiger partial charge on any atom is 0.0297 e. The number of hydrogen-bond acceptors (Lipinski definition) is 1. The highest BCUT2D eigenvalue weighted by atomic mass is 14.9. The van der Waals surface area contributed by atoms with Crippen LogP contribution in [0.25, 0.3) is 0 Å². The molecule has 1 aliphatic rings. The minimum atomic E-state index is 0.513. The molecule has 2 atom stereocenters. The molecule has 0 fully saturated rings. The first-order valence-corrected chi connectivity index (χ1v) is 5.02. The molecule has 1 heterocycles. The van der Waals surface area contributed by atoms with Gasteiger partial charge in [0.1, 0.15) is 0 Å². The Balaban J connectivity index is 2.43. The molecule has 0 amide bonds. The Labute approximate surface area is 80.2 Å². The van der Waals surface area contributed by atoms with Crippen molar-refractivity contribution < 1.29 is 0 Å². The first kappa shape index (κ1) is 8.76. The fourth-order valence-corrected chi connectivity index (χ4v) is 2.21. The summed E-state index contributed by atoms with van der Waals surface area (Å²) >= 11 is 0. The molecule has 2 unspecified atom stereocenters. The zero-order valence-corrected chi connectivity index (χ0v) is 8.59. The summed E-state index contributed by atoms with van der Waals surface area (Å²) in [5.74, 6) is 0. The van der Waals surface area contributed by atoms with Gasteiger partial charge in [-0.05, 0) is 38.3 Å². The fraction of sp³-hybridized carbons (Fsp3) is 0.500. The first-order chi connectivity index (χ1) is 6.16. The van der Waals surface area contributed by atoms with E-state index in [0.717, 1.165) is 0 Å². The summed E-state index contributed by atoms with van der Waals surface area (Å²) < 4.78 is 0. The maximum atomic E-state index is 3.56. The summed E-state index contributed by atoms with van der Waals surface area (Å²) in [5, 5.41) is 3.56. The normalized spacial score (nSPS) is 27.0. The molecule has 0 radical (unpaired) electrons. The third-order valence-corrected chi connectivity index (χ3v) is 2.83. The molecule has 1 N–H and O–H groups in total. The third-order valence-electron chi connectivity index (χ3n) is 2.83. The average molecular weight is 175 g/mol. The number of aryl methyl sites for hydroxylation is 1. The van der Waals surface area contributed by atoms with E-state index in [4.69, 9.17) is 0 Å². The number of hydrogen-bond donors (Lipinski definition) is 1. The molecule has 1 aliphatic heterocycles. The van der Waals surface area contributed by atoms with Gasteiger partial charge in [0, 0.05) is 12.1 Å². The minimum absolute atomic E-state index is 0.513. The predicted molar refractivity (Wildman–Crippen MR) is 55.9 cm³/mol. The van der Waals surface area contributed by atoms with Gasteiger partial charge in [-0.25, -0.2) is 0 Å². The predicted octanol–water partition coefficient (Wildman–Crippen LogP) is 2.59. The summed E-state index contributed by atoms with van der Waals surface area (Å²) in [6.45, 7) is 6.65. The maximum absolute atomic E-state index is 3.56. The second-order valence-electron chi connectivity index (χ2n) is 4.20. The second-order valence-corrected chi connectivity index (χ2v) is 4.20. The van der Waals surface area contributed by atoms with E-state index in [0.29, 0.717) is 12.1 Å². The Morgan fingerprint density at radius 2 is 2.08 bits per heavy atom. The molecule has 0 aliphatic carbocycles. The molecule has 2 rings (SSSR count). The average Bonchev–Trinajstić information content (AvgIpc) is 2.06. The van der Waals surface area contributed by atoms with Gasteiger partial charge in [-0.3, -0.25) is 0 Å². The topological polar surface area (TPSA) is 12.0 Å². The van der Waals surface area contributed by atoms with Crippen LogP contribution in [0.4, 0.5) is 0 Å². The standard InChI is InChI=1S/C12H17N/c1-8-4-5-11-7-9(2)13-10(3)12(11)6-8/h4-6,9-10,13H,7H2,1-3H3. The molecule has 1 nitrogen and oxygen atoms in total. The van der Waals surface area contributed by atoms with Crippen LogP contribution in [0, 0.1) is 6.92 Å². The Morgan fingerprint density at radius 1 is 1.31 bits per heavy atom. The van der Waals surface area contributed by atoms with Crippen molar-refractivity contribution in [2.75, 3.05) is 0 Å². The van der Waals surface area contributed by atoms with Gasteiger partial charge in [0.15, 0.2) is 0 Å². The van der Waals surface area contributed by atoms with Crippen LogP contribution in [0.3, 0.4) is 0 Å². The van der Waals surface area contributed by atoms with Crippen molar-refractivity contribution in [3.63, 3.8) is 0 Å². The first-order valence-electron chi connectivity index (χ1n) is 5.02. The lowest BCUT2D eigenvalue weighted by Gasteiger charge is -2.29. The highest BCUT2D eigenvalue weighted by Gasteiger charge is 2.19. The van der Waals surface area contributed by atoms with Gasteiger partial charge in [0.25, 0.3) is 0 Å². The molecule has 0 bridgehead atoms. The van der Waals surface area contributed by atoms with Crippen LogP contribution in [-0.4, -0.2) is 6.04 Å². The molecule has 0 aromatic heterocycles. The highest BCUT2D eigenvalue weighted by Crippen LogP contribution is 2.25. The number of benzene rings is 1. The lowest BCUT2D eigenvalue weighted by atomic mass is 9.90. The second kappa shape index (κ2) is 3.15. The molecule has 0 saturated heterocycles. The summed E-state index contributed by atoms with van der Waals surface area (Å²) in [6.07, 6.45) is 1.17. The lowest BCUT2D eigenvalue weighted by molar-refractivity contribution is 0.445. The van der Waals surface area contributed by atoms with Crippen molar-refractivity contribution in [3.05, 3.63) is 34.9 Å². The quantitative estimate of drug-likeness (QED) is 0.639. The lowest BCUT2D eigenvalue weighted by Crippen LogP contribution is -2.35. The van der Waals surface area contributed by atoms with Crippen molar-refractivity contribution in [1.29, 1.82) is 0 Å². The van der Waals surface area contributed by atoms with E-state index < -0.39 is 0 Å². The summed E-state index contributed by atoms with van der Waals surface area (Å²) in [4.78, 5) is 0. The molecular formula is C12H17N. The van der Waals surface area contributed by atoms with Crippen molar-refractivity contribution >= 4 is 0 Å². The Kier molecular flexibility index (Phi) is 2.12. The van der Waals surface area contributed by atoms with Crippen LogP contribution in [0.1, 0.15) is 36.6 Å². The molecule has 0 saturated carbocycles. The van der Waals surface area contributed by atoms with E-state index in [1.54, 1.807) is 0 Å².